The van der Waals surface area contributed by atoms with Gasteiger partial charge in [0, 0.05) is 5.69 Å². The third-order valence-corrected chi connectivity index (χ3v) is 4.59. The fraction of sp³-hybridized carbons (Fsp3) is 0.333. The molecule has 0 aromatic heterocycles. The van der Waals surface area contributed by atoms with E-state index in [2.05, 4.69) is 10.6 Å². The van der Waals surface area contributed by atoms with Crippen LogP contribution in [-0.2, 0) is 32.1 Å². The van der Waals surface area contributed by atoms with E-state index in [-0.39, 0.29) is 31.4 Å². The molecule has 0 radical (unpaired) electrons. The molecule has 2 aromatic carbocycles. The number of hydrogen-bond acceptors (Lipinski definition) is 6. The zero-order chi connectivity index (χ0) is 24.1. The molecule has 9 heteroatoms. The molecular formula is C24H26FN3O5. The fourth-order valence-electron chi connectivity index (χ4n) is 2.87. The number of nitrogens with one attached hydrogen (secondary N) is 2. The van der Waals surface area contributed by atoms with E-state index in [1.807, 2.05) is 6.92 Å². The van der Waals surface area contributed by atoms with Crippen LogP contribution in [0.25, 0.3) is 0 Å². The van der Waals surface area contributed by atoms with Gasteiger partial charge in [0.15, 0.2) is 6.61 Å². The van der Waals surface area contributed by atoms with E-state index >= 15 is 0 Å². The number of esters is 1. The quantitative estimate of drug-likeness (QED) is 0.497. The smallest absolute Gasteiger partial charge is 0.408 e. The van der Waals surface area contributed by atoms with Gasteiger partial charge in [0.1, 0.15) is 24.5 Å². The Hall–Kier alpha value is -3.93. The number of carbonyl (C=O) groups is 3. The van der Waals surface area contributed by atoms with Crippen LogP contribution in [0.15, 0.2) is 48.5 Å². The maximum atomic E-state index is 12.9. The molecule has 0 aliphatic rings. The van der Waals surface area contributed by atoms with Crippen LogP contribution in [0.5, 0.6) is 0 Å². The average molecular weight is 455 g/mol. The number of hydrogen-bond donors (Lipinski definition) is 2. The summed E-state index contributed by atoms with van der Waals surface area (Å²) in [7, 11) is 0. The van der Waals surface area contributed by atoms with E-state index in [9.17, 15) is 18.8 Å². The van der Waals surface area contributed by atoms with Gasteiger partial charge in [-0.3, -0.25) is 4.79 Å². The second kappa shape index (κ2) is 13.5. The average Bonchev–Trinajstić information content (AvgIpc) is 2.81. The minimum atomic E-state index is -0.885. The van der Waals surface area contributed by atoms with Gasteiger partial charge in [0.05, 0.1) is 6.42 Å². The largest absolute Gasteiger partial charge is 0.449 e. The second-order valence-corrected chi connectivity index (χ2v) is 7.23. The molecule has 0 aliphatic heterocycles. The summed E-state index contributed by atoms with van der Waals surface area (Å²) in [6, 6.07) is 13.3. The predicted octanol–water partition coefficient (Wildman–Crippen LogP) is 3.86. The standard InChI is InChI=1S/C24H26FN3O5/c1-2-3-4-21(23(30)32-14-13-26)28-24(31)33-16-18-7-11-20(12-8-18)27-22(29)15-17-5-9-19(25)10-6-17/h5-12,21H,2-4,14-16H2,1H3,(H,27,29)(H,28,31)/t21-/m0/s1. The summed E-state index contributed by atoms with van der Waals surface area (Å²) in [5.41, 5.74) is 1.94. The van der Waals surface area contributed by atoms with Crippen molar-refractivity contribution in [2.75, 3.05) is 11.9 Å². The number of amides is 2. The molecule has 0 aliphatic carbocycles. The van der Waals surface area contributed by atoms with Gasteiger partial charge in [0.2, 0.25) is 5.91 Å². The lowest BCUT2D eigenvalue weighted by molar-refractivity contribution is -0.144. The third kappa shape index (κ3) is 9.39. The van der Waals surface area contributed by atoms with Crippen molar-refractivity contribution in [2.45, 2.75) is 45.3 Å². The van der Waals surface area contributed by atoms with Crippen molar-refractivity contribution >= 4 is 23.7 Å². The molecule has 0 bridgehead atoms. The molecular weight excluding hydrogens is 429 g/mol. The van der Waals surface area contributed by atoms with E-state index in [1.165, 1.54) is 12.1 Å². The Kier molecular flexibility index (Phi) is 10.3. The van der Waals surface area contributed by atoms with E-state index < -0.39 is 18.1 Å². The Morgan fingerprint density at radius 3 is 2.33 bits per heavy atom. The Morgan fingerprint density at radius 1 is 1.03 bits per heavy atom. The highest BCUT2D eigenvalue weighted by atomic mass is 19.1. The molecule has 0 spiro atoms. The maximum Gasteiger partial charge on any atom is 0.408 e. The summed E-state index contributed by atoms with van der Waals surface area (Å²) in [4.78, 5) is 36.2. The van der Waals surface area contributed by atoms with Gasteiger partial charge in [-0.25, -0.2) is 14.0 Å². The Morgan fingerprint density at radius 2 is 1.70 bits per heavy atom. The number of nitriles is 1. The van der Waals surface area contributed by atoms with E-state index in [4.69, 9.17) is 14.7 Å². The molecule has 0 unspecified atom stereocenters. The van der Waals surface area contributed by atoms with Crippen LogP contribution in [-0.4, -0.2) is 30.6 Å². The van der Waals surface area contributed by atoms with Gasteiger partial charge in [-0.1, -0.05) is 44.0 Å². The fourth-order valence-corrected chi connectivity index (χ4v) is 2.87. The molecule has 33 heavy (non-hydrogen) atoms. The topological polar surface area (TPSA) is 118 Å². The highest BCUT2D eigenvalue weighted by Crippen LogP contribution is 2.12. The number of rotatable bonds is 11. The van der Waals surface area contributed by atoms with Crippen molar-refractivity contribution in [2.24, 2.45) is 0 Å². The summed E-state index contributed by atoms with van der Waals surface area (Å²) in [6.07, 6.45) is 1.23. The molecule has 0 heterocycles. The number of nitrogens with zero attached hydrogens (tertiary/aromatic N) is 1. The van der Waals surface area contributed by atoms with Crippen LogP contribution < -0.4 is 10.6 Å². The molecule has 2 aromatic rings. The lowest BCUT2D eigenvalue weighted by atomic mass is 10.1. The summed E-state index contributed by atoms with van der Waals surface area (Å²) >= 11 is 0. The third-order valence-electron chi connectivity index (χ3n) is 4.59. The van der Waals surface area contributed by atoms with Crippen LogP contribution in [0, 0.1) is 17.1 Å². The zero-order valence-corrected chi connectivity index (χ0v) is 18.3. The van der Waals surface area contributed by atoms with Crippen LogP contribution >= 0.6 is 0 Å². The van der Waals surface area contributed by atoms with Gasteiger partial charge < -0.3 is 20.1 Å². The summed E-state index contributed by atoms with van der Waals surface area (Å²) in [6.45, 7) is 1.53. The molecule has 174 valence electrons. The number of anilines is 1. The molecule has 0 fully saturated rings. The zero-order valence-electron chi connectivity index (χ0n) is 18.3. The van der Waals surface area contributed by atoms with Gasteiger partial charge in [-0.15, -0.1) is 0 Å². The molecule has 0 saturated carbocycles. The van der Waals surface area contributed by atoms with Gasteiger partial charge in [-0.2, -0.15) is 5.26 Å². The van der Waals surface area contributed by atoms with Crippen LogP contribution in [0.3, 0.4) is 0 Å². The summed E-state index contributed by atoms with van der Waals surface area (Å²) in [5, 5.41) is 13.7. The van der Waals surface area contributed by atoms with Gasteiger partial charge in [-0.05, 0) is 41.8 Å². The monoisotopic (exact) mass is 455 g/mol. The van der Waals surface area contributed by atoms with Crippen LogP contribution in [0.1, 0.15) is 37.3 Å². The molecule has 8 nitrogen and oxygen atoms in total. The first-order valence-corrected chi connectivity index (χ1v) is 10.5. The van der Waals surface area contributed by atoms with Gasteiger partial charge in [0.25, 0.3) is 0 Å². The first-order chi connectivity index (χ1) is 15.9. The number of benzene rings is 2. The van der Waals surface area contributed by atoms with Crippen molar-refractivity contribution in [3.05, 3.63) is 65.5 Å². The van der Waals surface area contributed by atoms with Gasteiger partial charge >= 0.3 is 12.1 Å². The van der Waals surface area contributed by atoms with Crippen LogP contribution in [0.2, 0.25) is 0 Å². The molecule has 2 N–H and O–H groups in total. The minimum Gasteiger partial charge on any atom is -0.449 e. The predicted molar refractivity (Wildman–Crippen MR) is 118 cm³/mol. The van der Waals surface area contributed by atoms with Crippen molar-refractivity contribution in [1.82, 2.24) is 5.32 Å². The number of unbranched alkanes of at least 4 members (excludes halogenated alkanes) is 1. The maximum absolute atomic E-state index is 12.9. The first kappa shape index (κ1) is 25.3. The van der Waals surface area contributed by atoms with Crippen molar-refractivity contribution in [1.29, 1.82) is 5.26 Å². The molecule has 2 amide bonds. The van der Waals surface area contributed by atoms with E-state index in [0.29, 0.717) is 29.7 Å². The normalized spacial score (nSPS) is 11.1. The van der Waals surface area contributed by atoms with E-state index in [1.54, 1.807) is 42.5 Å². The SMILES string of the molecule is CCCC[C@H](NC(=O)OCc1ccc(NC(=O)Cc2ccc(F)cc2)cc1)C(=O)OCC#N. The Bertz CT molecular complexity index is 971. The minimum absolute atomic E-state index is 0.0383. The number of alkyl carbamates (subject to hydrolysis) is 1. The Labute approximate surface area is 191 Å². The summed E-state index contributed by atoms with van der Waals surface area (Å²) in [5.74, 6) is -1.28. The van der Waals surface area contributed by atoms with Crippen molar-refractivity contribution in [3.8, 4) is 6.07 Å². The molecule has 2 rings (SSSR count). The lowest BCUT2D eigenvalue weighted by Gasteiger charge is -2.16. The molecule has 0 saturated heterocycles. The lowest BCUT2D eigenvalue weighted by Crippen LogP contribution is -2.42. The van der Waals surface area contributed by atoms with Crippen molar-refractivity contribution in [3.63, 3.8) is 0 Å². The highest BCUT2D eigenvalue weighted by molar-refractivity contribution is 5.92. The number of halogens is 1. The number of ether oxygens (including phenoxy) is 2. The summed E-state index contributed by atoms with van der Waals surface area (Å²) < 4.78 is 22.9. The second-order valence-electron chi connectivity index (χ2n) is 7.23. The molecule has 1 atom stereocenters. The van der Waals surface area contributed by atoms with E-state index in [0.717, 1.165) is 6.42 Å². The first-order valence-electron chi connectivity index (χ1n) is 10.5. The Balaban J connectivity index is 1.81. The van der Waals surface area contributed by atoms with Crippen molar-refractivity contribution < 1.29 is 28.2 Å². The highest BCUT2D eigenvalue weighted by Gasteiger charge is 2.22. The van der Waals surface area contributed by atoms with Crippen LogP contribution in [0.4, 0.5) is 14.9 Å². The number of carbonyl (C=O) groups excluding carboxylic acids is 3.